The van der Waals surface area contributed by atoms with Gasteiger partial charge in [-0.05, 0) is 32.6 Å². The van der Waals surface area contributed by atoms with Gasteiger partial charge in [-0.3, -0.25) is 18.9 Å². The Balaban J connectivity index is 1.30. The van der Waals surface area contributed by atoms with Crippen LogP contribution in [0.2, 0.25) is 0 Å². The zero-order valence-electron chi connectivity index (χ0n) is 15.9. The summed E-state index contributed by atoms with van der Waals surface area (Å²) in [6, 6.07) is 1.95. The average Bonchev–Trinajstić information content (AvgIpc) is 3.05. The summed E-state index contributed by atoms with van der Waals surface area (Å²) >= 11 is 1.51. The molecule has 2 aliphatic rings. The van der Waals surface area contributed by atoms with Crippen LogP contribution in [-0.4, -0.2) is 39.3 Å². The number of nitrogens with zero attached hydrogens (tertiary/aromatic N) is 3. The molecule has 146 valence electrons. The highest BCUT2D eigenvalue weighted by molar-refractivity contribution is 7.15. The van der Waals surface area contributed by atoms with E-state index in [9.17, 15) is 9.59 Å². The van der Waals surface area contributed by atoms with Gasteiger partial charge in [0.1, 0.15) is 0 Å². The number of rotatable bonds is 4. The fourth-order valence-corrected chi connectivity index (χ4v) is 5.22. The minimum atomic E-state index is 0.00313. The fourth-order valence-electron chi connectivity index (χ4n) is 4.33. The lowest BCUT2D eigenvalue weighted by atomic mass is 9.88. The van der Waals surface area contributed by atoms with E-state index in [4.69, 9.17) is 0 Å². The van der Waals surface area contributed by atoms with Gasteiger partial charge in [0, 0.05) is 48.7 Å². The van der Waals surface area contributed by atoms with Crippen molar-refractivity contribution in [3.8, 4) is 0 Å². The molecular formula is C20H28N4O2S. The molecule has 4 rings (SSSR count). The zero-order valence-corrected chi connectivity index (χ0v) is 16.8. The number of hydrogen-bond acceptors (Lipinski definition) is 5. The largest absolute Gasteiger partial charge is 0.353 e. The summed E-state index contributed by atoms with van der Waals surface area (Å²) in [5, 5.41) is 5.24. The Kier molecular flexibility index (Phi) is 5.59. The highest BCUT2D eigenvalue weighted by atomic mass is 32.1. The Morgan fingerprint density at radius 3 is 2.70 bits per heavy atom. The molecule has 1 amide bonds. The summed E-state index contributed by atoms with van der Waals surface area (Å²) in [5.41, 5.74) is 1.78. The van der Waals surface area contributed by atoms with E-state index in [0.717, 1.165) is 55.1 Å². The van der Waals surface area contributed by atoms with E-state index in [1.165, 1.54) is 30.6 Å². The van der Waals surface area contributed by atoms with E-state index < -0.39 is 0 Å². The van der Waals surface area contributed by atoms with E-state index >= 15 is 0 Å². The van der Waals surface area contributed by atoms with Crippen molar-refractivity contribution in [2.45, 2.75) is 64.5 Å². The number of carbonyl (C=O) groups excluding carboxylic acids is 1. The Bertz CT molecular complexity index is 860. The van der Waals surface area contributed by atoms with Crippen LogP contribution in [0.1, 0.15) is 56.3 Å². The van der Waals surface area contributed by atoms with Crippen LogP contribution in [0.4, 0.5) is 0 Å². The molecule has 1 saturated carbocycles. The second-order valence-corrected chi connectivity index (χ2v) is 8.81. The van der Waals surface area contributed by atoms with Crippen LogP contribution in [0.25, 0.3) is 4.96 Å². The second kappa shape index (κ2) is 8.10. The molecule has 27 heavy (non-hydrogen) atoms. The molecule has 1 aliphatic carbocycles. The number of piperidine rings is 1. The van der Waals surface area contributed by atoms with Gasteiger partial charge in [0.2, 0.25) is 5.91 Å². The van der Waals surface area contributed by atoms with E-state index in [2.05, 4.69) is 15.2 Å². The maximum Gasteiger partial charge on any atom is 0.259 e. The molecule has 1 saturated heterocycles. The van der Waals surface area contributed by atoms with Crippen molar-refractivity contribution >= 4 is 22.2 Å². The maximum absolute atomic E-state index is 12.4. The van der Waals surface area contributed by atoms with Crippen molar-refractivity contribution in [1.29, 1.82) is 0 Å². The lowest BCUT2D eigenvalue weighted by Gasteiger charge is -2.33. The van der Waals surface area contributed by atoms with Crippen molar-refractivity contribution in [1.82, 2.24) is 19.6 Å². The molecular weight excluding hydrogens is 360 g/mol. The van der Waals surface area contributed by atoms with Crippen LogP contribution < -0.4 is 10.9 Å². The smallest absolute Gasteiger partial charge is 0.259 e. The molecule has 3 heterocycles. The van der Waals surface area contributed by atoms with E-state index in [1.54, 1.807) is 10.5 Å². The number of hydrogen-bond donors (Lipinski definition) is 1. The summed E-state index contributed by atoms with van der Waals surface area (Å²) < 4.78 is 1.67. The number of amides is 1. The third-order valence-electron chi connectivity index (χ3n) is 5.92. The molecule has 1 N–H and O–H groups in total. The van der Waals surface area contributed by atoms with Gasteiger partial charge in [-0.25, -0.2) is 4.98 Å². The minimum Gasteiger partial charge on any atom is -0.353 e. The SMILES string of the molecule is Cc1csc2nc(CN3CCC(NC(=O)C4CCCCC4)CC3)cc(=O)n12. The van der Waals surface area contributed by atoms with Gasteiger partial charge in [0.15, 0.2) is 4.96 Å². The topological polar surface area (TPSA) is 66.7 Å². The number of thiazole rings is 1. The van der Waals surface area contributed by atoms with Crippen LogP contribution in [0.3, 0.4) is 0 Å². The van der Waals surface area contributed by atoms with Crippen molar-refractivity contribution in [2.75, 3.05) is 13.1 Å². The van der Waals surface area contributed by atoms with E-state index in [0.29, 0.717) is 6.54 Å². The average molecular weight is 389 g/mol. The van der Waals surface area contributed by atoms with Crippen molar-refractivity contribution in [3.63, 3.8) is 0 Å². The van der Waals surface area contributed by atoms with Crippen molar-refractivity contribution < 1.29 is 4.79 Å². The third kappa shape index (κ3) is 4.24. The Hall–Kier alpha value is -1.73. The van der Waals surface area contributed by atoms with Gasteiger partial charge in [-0.2, -0.15) is 0 Å². The summed E-state index contributed by atoms with van der Waals surface area (Å²) in [7, 11) is 0. The monoisotopic (exact) mass is 388 g/mol. The maximum atomic E-state index is 12.4. The minimum absolute atomic E-state index is 0.00313. The standard InChI is InChI=1S/C20H28N4O2S/c1-14-13-27-20-22-17(11-18(25)24(14)20)12-23-9-7-16(8-10-23)21-19(26)15-5-3-2-4-6-15/h11,13,15-16H,2-10,12H2,1H3,(H,21,26). The number of aryl methyl sites for hydroxylation is 1. The molecule has 0 aromatic carbocycles. The third-order valence-corrected chi connectivity index (χ3v) is 6.87. The zero-order chi connectivity index (χ0) is 18.8. The number of fused-ring (bicyclic) bond motifs is 1. The van der Waals surface area contributed by atoms with Gasteiger partial charge < -0.3 is 5.32 Å². The molecule has 2 aromatic rings. The van der Waals surface area contributed by atoms with Crippen LogP contribution >= 0.6 is 11.3 Å². The summed E-state index contributed by atoms with van der Waals surface area (Å²) in [4.78, 5) is 32.5. The highest BCUT2D eigenvalue weighted by Crippen LogP contribution is 2.24. The summed E-state index contributed by atoms with van der Waals surface area (Å²) in [5.74, 6) is 0.497. The van der Waals surface area contributed by atoms with Gasteiger partial charge in [0.05, 0.1) is 5.69 Å². The number of likely N-dealkylation sites (tertiary alicyclic amines) is 1. The van der Waals surface area contributed by atoms with E-state index in [1.807, 2.05) is 12.3 Å². The molecule has 2 aromatic heterocycles. The number of aromatic nitrogens is 2. The number of carbonyl (C=O) groups is 1. The first kappa shape index (κ1) is 18.6. The Morgan fingerprint density at radius 1 is 1.22 bits per heavy atom. The normalized spacial score (nSPS) is 20.2. The van der Waals surface area contributed by atoms with Crippen molar-refractivity contribution in [2.24, 2.45) is 5.92 Å². The molecule has 7 heteroatoms. The van der Waals surface area contributed by atoms with E-state index in [-0.39, 0.29) is 23.4 Å². The highest BCUT2D eigenvalue weighted by Gasteiger charge is 2.26. The first-order chi connectivity index (χ1) is 13.1. The predicted molar refractivity (Wildman–Crippen MR) is 107 cm³/mol. The lowest BCUT2D eigenvalue weighted by Crippen LogP contribution is -2.46. The molecule has 0 radical (unpaired) electrons. The van der Waals surface area contributed by atoms with Crippen LogP contribution in [0, 0.1) is 12.8 Å². The van der Waals surface area contributed by atoms with Crippen LogP contribution in [-0.2, 0) is 11.3 Å². The Labute approximate surface area is 163 Å². The Morgan fingerprint density at radius 2 is 1.96 bits per heavy atom. The molecule has 0 bridgehead atoms. The quantitative estimate of drug-likeness (QED) is 0.875. The fraction of sp³-hybridized carbons (Fsp3) is 0.650. The molecule has 0 atom stereocenters. The van der Waals surface area contributed by atoms with Crippen molar-refractivity contribution in [3.05, 3.63) is 33.2 Å². The van der Waals surface area contributed by atoms with Gasteiger partial charge in [-0.1, -0.05) is 19.3 Å². The molecule has 1 aliphatic heterocycles. The molecule has 0 spiro atoms. The molecule has 2 fully saturated rings. The first-order valence-electron chi connectivity index (χ1n) is 10.1. The van der Waals surface area contributed by atoms with Crippen LogP contribution in [0.5, 0.6) is 0 Å². The van der Waals surface area contributed by atoms with Crippen LogP contribution in [0.15, 0.2) is 16.2 Å². The number of nitrogens with one attached hydrogen (secondary N) is 1. The van der Waals surface area contributed by atoms with Gasteiger partial charge in [-0.15, -0.1) is 11.3 Å². The van der Waals surface area contributed by atoms with Gasteiger partial charge in [0.25, 0.3) is 5.56 Å². The predicted octanol–water partition coefficient (Wildman–Crippen LogP) is 2.73. The second-order valence-electron chi connectivity index (χ2n) is 7.97. The van der Waals surface area contributed by atoms with Gasteiger partial charge >= 0.3 is 0 Å². The summed E-state index contributed by atoms with van der Waals surface area (Å²) in [6.07, 6.45) is 7.70. The first-order valence-corrected chi connectivity index (χ1v) is 11.0. The molecule has 0 unspecified atom stereocenters. The summed E-state index contributed by atoms with van der Waals surface area (Å²) in [6.45, 7) is 4.49. The molecule has 6 nitrogen and oxygen atoms in total. The lowest BCUT2D eigenvalue weighted by molar-refractivity contribution is -0.127.